The number of para-hydroxylation sites is 1. The van der Waals surface area contributed by atoms with Crippen LogP contribution in [0.4, 0.5) is 5.82 Å². The summed E-state index contributed by atoms with van der Waals surface area (Å²) in [6, 6.07) is 5.60. The van der Waals surface area contributed by atoms with E-state index in [4.69, 9.17) is 21.9 Å². The number of nitrogens with one attached hydrogen (secondary N) is 1. The van der Waals surface area contributed by atoms with Gasteiger partial charge < -0.3 is 15.6 Å². The van der Waals surface area contributed by atoms with Crippen molar-refractivity contribution in [3.05, 3.63) is 23.2 Å². The summed E-state index contributed by atoms with van der Waals surface area (Å²) in [4.78, 5) is 0. The number of rotatable bonds is 3. The Morgan fingerprint density at radius 2 is 2.40 bits per heavy atom. The van der Waals surface area contributed by atoms with Gasteiger partial charge in [0.1, 0.15) is 0 Å². The van der Waals surface area contributed by atoms with E-state index in [2.05, 4.69) is 10.5 Å². The van der Waals surface area contributed by atoms with Gasteiger partial charge in [0, 0.05) is 12.6 Å². The van der Waals surface area contributed by atoms with E-state index in [-0.39, 0.29) is 6.04 Å². The van der Waals surface area contributed by atoms with Gasteiger partial charge in [0.2, 0.25) is 0 Å². The highest BCUT2D eigenvalue weighted by Crippen LogP contribution is 2.28. The van der Waals surface area contributed by atoms with Crippen molar-refractivity contribution in [1.82, 2.24) is 5.16 Å². The van der Waals surface area contributed by atoms with E-state index in [9.17, 15) is 0 Å². The SMILES string of the molecule is CC(N)CNc1noc2c(Cl)cccc12. The highest BCUT2D eigenvalue weighted by molar-refractivity contribution is 6.35. The maximum Gasteiger partial charge on any atom is 0.187 e. The van der Waals surface area contributed by atoms with Gasteiger partial charge in [0.15, 0.2) is 11.4 Å². The second-order valence-corrected chi connectivity index (χ2v) is 3.91. The van der Waals surface area contributed by atoms with Crippen LogP contribution in [0.25, 0.3) is 11.0 Å². The molecule has 1 heterocycles. The second-order valence-electron chi connectivity index (χ2n) is 3.51. The van der Waals surface area contributed by atoms with E-state index in [0.717, 1.165) is 5.39 Å². The molecule has 0 aliphatic rings. The molecule has 15 heavy (non-hydrogen) atoms. The third-order valence-electron chi connectivity index (χ3n) is 2.04. The zero-order chi connectivity index (χ0) is 10.8. The van der Waals surface area contributed by atoms with Gasteiger partial charge >= 0.3 is 0 Å². The number of fused-ring (bicyclic) bond motifs is 1. The molecule has 0 fully saturated rings. The van der Waals surface area contributed by atoms with E-state index in [1.165, 1.54) is 0 Å². The Morgan fingerprint density at radius 3 is 3.13 bits per heavy atom. The molecule has 1 unspecified atom stereocenters. The lowest BCUT2D eigenvalue weighted by molar-refractivity contribution is 0.459. The summed E-state index contributed by atoms with van der Waals surface area (Å²) in [5, 5.41) is 8.45. The summed E-state index contributed by atoms with van der Waals surface area (Å²) < 4.78 is 5.13. The van der Waals surface area contributed by atoms with Crippen molar-refractivity contribution in [3.63, 3.8) is 0 Å². The van der Waals surface area contributed by atoms with Gasteiger partial charge in [-0.25, -0.2) is 0 Å². The number of benzene rings is 1. The predicted molar refractivity (Wildman–Crippen MR) is 61.2 cm³/mol. The molecule has 1 aromatic heterocycles. The zero-order valence-electron chi connectivity index (χ0n) is 8.33. The normalized spacial score (nSPS) is 13.0. The summed E-state index contributed by atoms with van der Waals surface area (Å²) in [5.41, 5.74) is 6.24. The molecular weight excluding hydrogens is 214 g/mol. The average Bonchev–Trinajstić information content (AvgIpc) is 2.59. The smallest absolute Gasteiger partial charge is 0.187 e. The Balaban J connectivity index is 2.33. The maximum atomic E-state index is 5.95. The number of hydrogen-bond acceptors (Lipinski definition) is 4. The van der Waals surface area contributed by atoms with E-state index in [1.807, 2.05) is 19.1 Å². The van der Waals surface area contributed by atoms with Crippen LogP contribution in [0.2, 0.25) is 5.02 Å². The minimum Gasteiger partial charge on any atom is -0.365 e. The molecule has 0 radical (unpaired) electrons. The number of halogens is 1. The van der Waals surface area contributed by atoms with Gasteiger partial charge in [-0.3, -0.25) is 0 Å². The molecule has 0 amide bonds. The van der Waals surface area contributed by atoms with Crippen LogP contribution in [0.15, 0.2) is 22.7 Å². The standard InChI is InChI=1S/C10H12ClN3O/c1-6(12)5-13-10-7-3-2-4-8(11)9(7)15-14-10/h2-4,6H,5,12H2,1H3,(H,13,14). The molecule has 0 saturated heterocycles. The summed E-state index contributed by atoms with van der Waals surface area (Å²) in [6.07, 6.45) is 0. The topological polar surface area (TPSA) is 64.1 Å². The minimum atomic E-state index is 0.0657. The lowest BCUT2D eigenvalue weighted by Crippen LogP contribution is -2.25. The summed E-state index contributed by atoms with van der Waals surface area (Å²) in [5.74, 6) is 0.685. The first-order valence-electron chi connectivity index (χ1n) is 4.72. The fraction of sp³-hybridized carbons (Fsp3) is 0.300. The molecule has 0 aliphatic carbocycles. The highest BCUT2D eigenvalue weighted by Gasteiger charge is 2.10. The van der Waals surface area contributed by atoms with E-state index >= 15 is 0 Å². The van der Waals surface area contributed by atoms with Crippen LogP contribution in [-0.4, -0.2) is 17.7 Å². The molecule has 2 aromatic rings. The molecule has 2 rings (SSSR count). The third kappa shape index (κ3) is 2.06. The summed E-state index contributed by atoms with van der Waals surface area (Å²) in [6.45, 7) is 2.57. The van der Waals surface area contributed by atoms with Gasteiger partial charge in [-0.1, -0.05) is 22.8 Å². The maximum absolute atomic E-state index is 5.95. The zero-order valence-corrected chi connectivity index (χ0v) is 9.08. The fourth-order valence-electron chi connectivity index (χ4n) is 1.31. The Labute approximate surface area is 92.4 Å². The Morgan fingerprint density at radius 1 is 1.60 bits per heavy atom. The van der Waals surface area contributed by atoms with Crippen molar-refractivity contribution in [2.75, 3.05) is 11.9 Å². The van der Waals surface area contributed by atoms with Crippen molar-refractivity contribution in [2.45, 2.75) is 13.0 Å². The van der Waals surface area contributed by atoms with Gasteiger partial charge in [-0.05, 0) is 19.1 Å². The van der Waals surface area contributed by atoms with Crippen LogP contribution in [0, 0.1) is 0 Å². The highest BCUT2D eigenvalue weighted by atomic mass is 35.5. The largest absolute Gasteiger partial charge is 0.365 e. The van der Waals surface area contributed by atoms with Crippen LogP contribution >= 0.6 is 11.6 Å². The molecular formula is C10H12ClN3O. The molecule has 0 spiro atoms. The molecule has 5 heteroatoms. The first kappa shape index (κ1) is 10.3. The molecule has 1 aromatic carbocycles. The van der Waals surface area contributed by atoms with Crippen LogP contribution < -0.4 is 11.1 Å². The molecule has 80 valence electrons. The molecule has 0 saturated carbocycles. The van der Waals surface area contributed by atoms with Crippen molar-refractivity contribution >= 4 is 28.4 Å². The van der Waals surface area contributed by atoms with Crippen molar-refractivity contribution in [2.24, 2.45) is 5.73 Å². The van der Waals surface area contributed by atoms with Crippen molar-refractivity contribution in [3.8, 4) is 0 Å². The molecule has 3 N–H and O–H groups in total. The Hall–Kier alpha value is -1.26. The summed E-state index contributed by atoms with van der Waals surface area (Å²) >= 11 is 5.95. The lowest BCUT2D eigenvalue weighted by atomic mass is 10.2. The van der Waals surface area contributed by atoms with Crippen LogP contribution in [0.1, 0.15) is 6.92 Å². The molecule has 1 atom stereocenters. The number of nitrogens with zero attached hydrogens (tertiary/aromatic N) is 1. The van der Waals surface area contributed by atoms with E-state index < -0.39 is 0 Å². The molecule has 0 bridgehead atoms. The Bertz CT molecular complexity index is 467. The van der Waals surface area contributed by atoms with Crippen LogP contribution in [0.3, 0.4) is 0 Å². The van der Waals surface area contributed by atoms with Gasteiger partial charge in [0.25, 0.3) is 0 Å². The third-order valence-corrected chi connectivity index (χ3v) is 2.34. The number of hydrogen-bond donors (Lipinski definition) is 2. The van der Waals surface area contributed by atoms with E-state index in [1.54, 1.807) is 6.07 Å². The Kier molecular flexibility index (Phi) is 2.79. The monoisotopic (exact) mass is 225 g/mol. The van der Waals surface area contributed by atoms with Crippen LogP contribution in [0.5, 0.6) is 0 Å². The van der Waals surface area contributed by atoms with E-state index in [0.29, 0.717) is 23.0 Å². The quantitative estimate of drug-likeness (QED) is 0.841. The fourth-order valence-corrected chi connectivity index (χ4v) is 1.52. The molecule has 0 aliphatic heterocycles. The van der Waals surface area contributed by atoms with Crippen LogP contribution in [-0.2, 0) is 0 Å². The molecule has 4 nitrogen and oxygen atoms in total. The van der Waals surface area contributed by atoms with Crippen molar-refractivity contribution < 1.29 is 4.52 Å². The first-order valence-corrected chi connectivity index (χ1v) is 5.09. The first-order chi connectivity index (χ1) is 7.18. The second kappa shape index (κ2) is 4.08. The van der Waals surface area contributed by atoms with Gasteiger partial charge in [-0.15, -0.1) is 0 Å². The number of nitrogens with two attached hydrogens (primary N) is 1. The minimum absolute atomic E-state index is 0.0657. The average molecular weight is 226 g/mol. The lowest BCUT2D eigenvalue weighted by Gasteiger charge is -2.05. The number of aromatic nitrogens is 1. The van der Waals surface area contributed by atoms with Gasteiger partial charge in [0.05, 0.1) is 10.4 Å². The summed E-state index contributed by atoms with van der Waals surface area (Å²) in [7, 11) is 0. The van der Waals surface area contributed by atoms with Gasteiger partial charge in [-0.2, -0.15) is 0 Å². The predicted octanol–water partition coefficient (Wildman–Crippen LogP) is 2.24. The number of anilines is 1. The van der Waals surface area contributed by atoms with Crippen molar-refractivity contribution in [1.29, 1.82) is 0 Å².